The van der Waals surface area contributed by atoms with Crippen molar-refractivity contribution in [2.45, 2.75) is 19.3 Å². The lowest BCUT2D eigenvalue weighted by Crippen LogP contribution is -2.08. The van der Waals surface area contributed by atoms with Crippen molar-refractivity contribution < 1.29 is 13.2 Å². The topological polar surface area (TPSA) is 12.0 Å². The Morgan fingerprint density at radius 1 is 1.00 bits per heavy atom. The van der Waals surface area contributed by atoms with Gasteiger partial charge < -0.3 is 5.32 Å². The number of fused-ring (bicyclic) bond motifs is 1. The first-order valence-corrected chi connectivity index (χ1v) is 6.53. The molecule has 0 saturated carbocycles. The molecule has 0 amide bonds. The van der Waals surface area contributed by atoms with Crippen LogP contribution in [0.1, 0.15) is 16.7 Å². The molecule has 0 aliphatic carbocycles. The van der Waals surface area contributed by atoms with Crippen molar-refractivity contribution in [3.8, 4) is 11.1 Å². The Morgan fingerprint density at radius 3 is 2.50 bits per heavy atom. The molecular formula is C15H11ClF3N. The van der Waals surface area contributed by atoms with Gasteiger partial charge in [0.15, 0.2) is 0 Å². The van der Waals surface area contributed by atoms with Gasteiger partial charge in [-0.1, -0.05) is 35.9 Å². The zero-order valence-corrected chi connectivity index (χ0v) is 11.1. The predicted octanol–water partition coefficient (Wildman–Crippen LogP) is 4.63. The van der Waals surface area contributed by atoms with E-state index in [2.05, 4.69) is 5.32 Å². The summed E-state index contributed by atoms with van der Waals surface area (Å²) in [4.78, 5) is 0. The first kappa shape index (κ1) is 13.5. The number of hydrogen-bond acceptors (Lipinski definition) is 1. The van der Waals surface area contributed by atoms with Gasteiger partial charge in [0.1, 0.15) is 0 Å². The summed E-state index contributed by atoms with van der Waals surface area (Å²) in [5.74, 6) is 0. The molecule has 2 aromatic rings. The van der Waals surface area contributed by atoms with Gasteiger partial charge in [-0.25, -0.2) is 0 Å². The van der Waals surface area contributed by atoms with Crippen molar-refractivity contribution in [3.05, 3.63) is 58.1 Å². The maximum absolute atomic E-state index is 13.2. The Hall–Kier alpha value is -1.52. The van der Waals surface area contributed by atoms with Crippen molar-refractivity contribution in [3.63, 3.8) is 0 Å². The van der Waals surface area contributed by atoms with E-state index in [9.17, 15) is 13.2 Å². The summed E-state index contributed by atoms with van der Waals surface area (Å²) in [6.45, 7) is 1.45. The predicted molar refractivity (Wildman–Crippen MR) is 72.4 cm³/mol. The van der Waals surface area contributed by atoms with E-state index in [0.29, 0.717) is 12.1 Å². The number of nitrogens with one attached hydrogen (secondary N) is 1. The van der Waals surface area contributed by atoms with Gasteiger partial charge in [0.05, 0.1) is 10.6 Å². The van der Waals surface area contributed by atoms with E-state index in [1.807, 2.05) is 6.07 Å². The van der Waals surface area contributed by atoms with Crippen LogP contribution in [0.15, 0.2) is 36.4 Å². The van der Waals surface area contributed by atoms with Crippen LogP contribution in [0.3, 0.4) is 0 Å². The zero-order valence-electron chi connectivity index (χ0n) is 10.4. The number of benzene rings is 2. The normalized spacial score (nSPS) is 14.4. The molecule has 1 aliphatic rings. The van der Waals surface area contributed by atoms with E-state index in [1.54, 1.807) is 18.2 Å². The zero-order chi connectivity index (χ0) is 14.3. The monoisotopic (exact) mass is 297 g/mol. The molecule has 0 radical (unpaired) electrons. The third-order valence-corrected chi connectivity index (χ3v) is 3.76. The minimum atomic E-state index is -4.47. The Morgan fingerprint density at radius 2 is 1.75 bits per heavy atom. The smallest absolute Gasteiger partial charge is 0.309 e. The van der Waals surface area contributed by atoms with E-state index in [1.165, 1.54) is 12.1 Å². The number of halogens is 4. The van der Waals surface area contributed by atoms with Crippen LogP contribution in [-0.2, 0) is 19.3 Å². The van der Waals surface area contributed by atoms with Crippen molar-refractivity contribution in [1.29, 1.82) is 0 Å². The highest BCUT2D eigenvalue weighted by Gasteiger charge is 2.36. The molecule has 0 bridgehead atoms. The summed E-state index contributed by atoms with van der Waals surface area (Å²) >= 11 is 5.75. The molecule has 2 aromatic carbocycles. The van der Waals surface area contributed by atoms with Crippen molar-refractivity contribution in [1.82, 2.24) is 5.32 Å². The number of rotatable bonds is 1. The summed E-state index contributed by atoms with van der Waals surface area (Å²) in [6.07, 6.45) is -4.47. The van der Waals surface area contributed by atoms with Crippen molar-refractivity contribution in [2.75, 3.05) is 0 Å². The van der Waals surface area contributed by atoms with E-state index in [4.69, 9.17) is 11.6 Å². The lowest BCUT2D eigenvalue weighted by molar-refractivity contribution is -0.137. The molecule has 1 heterocycles. The first-order chi connectivity index (χ1) is 9.47. The Bertz CT molecular complexity index is 665. The summed E-state index contributed by atoms with van der Waals surface area (Å²) in [6, 6.07) is 9.65. The Labute approximate surface area is 119 Å². The second kappa shape index (κ2) is 4.79. The van der Waals surface area contributed by atoms with Crippen LogP contribution < -0.4 is 5.32 Å². The van der Waals surface area contributed by atoms with Gasteiger partial charge in [-0.15, -0.1) is 0 Å². The standard InChI is InChI=1S/C15H11ClF3N/c16-13-3-1-2-12(14(13)15(17,18)19)9-4-5-10-7-20-8-11(10)6-9/h1-6,20H,7-8H2. The van der Waals surface area contributed by atoms with Crippen molar-refractivity contribution >= 4 is 11.6 Å². The molecule has 104 valence electrons. The third kappa shape index (κ3) is 2.30. The van der Waals surface area contributed by atoms with Gasteiger partial charge in [-0.3, -0.25) is 0 Å². The first-order valence-electron chi connectivity index (χ1n) is 6.15. The van der Waals surface area contributed by atoms with E-state index >= 15 is 0 Å². The molecule has 0 spiro atoms. The summed E-state index contributed by atoms with van der Waals surface area (Å²) in [5, 5.41) is 2.90. The third-order valence-electron chi connectivity index (χ3n) is 3.45. The van der Waals surface area contributed by atoms with Crippen LogP contribution in [0.25, 0.3) is 11.1 Å². The highest BCUT2D eigenvalue weighted by atomic mass is 35.5. The molecule has 20 heavy (non-hydrogen) atoms. The summed E-state index contributed by atoms with van der Waals surface area (Å²) < 4.78 is 39.5. The highest BCUT2D eigenvalue weighted by Crippen LogP contribution is 2.41. The van der Waals surface area contributed by atoms with Gasteiger partial charge in [-0.05, 0) is 34.4 Å². The average molecular weight is 298 g/mol. The number of alkyl halides is 3. The van der Waals surface area contributed by atoms with E-state index < -0.39 is 11.7 Å². The molecule has 0 unspecified atom stereocenters. The second-order valence-electron chi connectivity index (χ2n) is 4.75. The van der Waals surface area contributed by atoms with Crippen LogP contribution in [0.2, 0.25) is 5.02 Å². The van der Waals surface area contributed by atoms with Gasteiger partial charge in [0.25, 0.3) is 0 Å². The van der Waals surface area contributed by atoms with E-state index in [0.717, 1.165) is 17.7 Å². The molecule has 1 nitrogen and oxygen atoms in total. The van der Waals surface area contributed by atoms with Gasteiger partial charge in [-0.2, -0.15) is 13.2 Å². The molecule has 0 fully saturated rings. The van der Waals surface area contributed by atoms with Crippen LogP contribution >= 0.6 is 11.6 Å². The van der Waals surface area contributed by atoms with Crippen molar-refractivity contribution in [2.24, 2.45) is 0 Å². The minimum absolute atomic E-state index is 0.125. The van der Waals surface area contributed by atoms with Crippen LogP contribution in [-0.4, -0.2) is 0 Å². The molecule has 0 saturated heterocycles. The maximum atomic E-state index is 13.2. The van der Waals surface area contributed by atoms with E-state index in [-0.39, 0.29) is 10.6 Å². The fraction of sp³-hybridized carbons (Fsp3) is 0.200. The van der Waals surface area contributed by atoms with Crippen LogP contribution in [0.4, 0.5) is 13.2 Å². The molecule has 0 aromatic heterocycles. The highest BCUT2D eigenvalue weighted by molar-refractivity contribution is 6.31. The molecule has 1 aliphatic heterocycles. The van der Waals surface area contributed by atoms with Crippen LogP contribution in [0.5, 0.6) is 0 Å². The fourth-order valence-electron chi connectivity index (χ4n) is 2.52. The lowest BCUT2D eigenvalue weighted by Gasteiger charge is -2.15. The second-order valence-corrected chi connectivity index (χ2v) is 5.15. The molecular weight excluding hydrogens is 287 g/mol. The van der Waals surface area contributed by atoms with Gasteiger partial charge >= 0.3 is 6.18 Å². The minimum Gasteiger partial charge on any atom is -0.309 e. The summed E-state index contributed by atoms with van der Waals surface area (Å²) in [5.41, 5.74) is 2.06. The molecule has 3 rings (SSSR count). The lowest BCUT2D eigenvalue weighted by atomic mass is 9.96. The van der Waals surface area contributed by atoms with Gasteiger partial charge in [0.2, 0.25) is 0 Å². The van der Waals surface area contributed by atoms with Gasteiger partial charge in [0, 0.05) is 13.1 Å². The Kier molecular flexibility index (Phi) is 3.22. The number of hydrogen-bond donors (Lipinski definition) is 1. The fourth-order valence-corrected chi connectivity index (χ4v) is 2.80. The average Bonchev–Trinajstić information content (AvgIpc) is 2.83. The quantitative estimate of drug-likeness (QED) is 0.809. The van der Waals surface area contributed by atoms with Crippen LogP contribution in [0, 0.1) is 0 Å². The maximum Gasteiger partial charge on any atom is 0.418 e. The Balaban J connectivity index is 2.18. The summed E-state index contributed by atoms with van der Waals surface area (Å²) in [7, 11) is 0. The SMILES string of the molecule is FC(F)(F)c1c(Cl)cccc1-c1ccc2c(c1)CNC2. The largest absolute Gasteiger partial charge is 0.418 e. The molecule has 0 atom stereocenters. The molecule has 1 N–H and O–H groups in total. The molecule has 5 heteroatoms.